The molecule has 1 aromatic heterocycles. The molecule has 2 rings (SSSR count). The van der Waals surface area contributed by atoms with Gasteiger partial charge in [-0.3, -0.25) is 0 Å². The number of aryl methyl sites for hydroxylation is 1. The number of imidazole rings is 1. The van der Waals surface area contributed by atoms with Crippen LogP contribution in [0.25, 0.3) is 11.0 Å². The minimum atomic E-state index is -3.30. The van der Waals surface area contributed by atoms with E-state index in [9.17, 15) is 8.42 Å². The highest BCUT2D eigenvalue weighted by Gasteiger charge is 2.17. The first-order valence-corrected chi connectivity index (χ1v) is 9.67. The van der Waals surface area contributed by atoms with Crippen molar-refractivity contribution in [2.75, 3.05) is 24.0 Å². The minimum absolute atomic E-state index is 0.240. The van der Waals surface area contributed by atoms with Crippen LogP contribution < -0.4 is 5.73 Å². The van der Waals surface area contributed by atoms with Gasteiger partial charge in [0, 0.05) is 12.8 Å². The van der Waals surface area contributed by atoms with Crippen LogP contribution in [0.15, 0.2) is 23.1 Å². The maximum Gasteiger partial charge on any atom is 0.201 e. The number of benzene rings is 1. The summed E-state index contributed by atoms with van der Waals surface area (Å²) in [7, 11) is -3.30. The lowest BCUT2D eigenvalue weighted by Gasteiger charge is -2.06. The van der Waals surface area contributed by atoms with E-state index in [0.717, 1.165) is 30.7 Å². The molecule has 0 spiro atoms. The van der Waals surface area contributed by atoms with E-state index >= 15 is 0 Å². The number of nitrogen functional groups attached to an aromatic ring is 1. The van der Waals surface area contributed by atoms with Gasteiger partial charge in [0.05, 0.1) is 10.4 Å². The molecule has 0 atom stereocenters. The molecule has 7 heteroatoms. The topological polar surface area (TPSA) is 78.0 Å². The largest absolute Gasteiger partial charge is 0.369 e. The maximum absolute atomic E-state index is 11.8. The third-order valence-electron chi connectivity index (χ3n) is 3.15. The monoisotopic (exact) mass is 313 g/mol. The van der Waals surface area contributed by atoms with Gasteiger partial charge in [0.25, 0.3) is 0 Å². The molecule has 5 nitrogen and oxygen atoms in total. The minimum Gasteiger partial charge on any atom is -0.369 e. The van der Waals surface area contributed by atoms with Crippen molar-refractivity contribution < 1.29 is 8.42 Å². The average Bonchev–Trinajstić information content (AvgIpc) is 2.69. The fraction of sp³-hybridized carbons (Fsp3) is 0.462. The fourth-order valence-corrected chi connectivity index (χ4v) is 3.51. The Hall–Kier alpha value is -1.21. The number of sulfone groups is 1. The zero-order valence-corrected chi connectivity index (χ0v) is 13.3. The summed E-state index contributed by atoms with van der Waals surface area (Å²) < 4.78 is 25.4. The molecule has 1 heterocycles. The highest BCUT2D eigenvalue weighted by molar-refractivity contribution is 7.98. The molecule has 2 aromatic rings. The van der Waals surface area contributed by atoms with Crippen molar-refractivity contribution in [1.82, 2.24) is 9.55 Å². The van der Waals surface area contributed by atoms with E-state index in [0.29, 0.717) is 11.5 Å². The van der Waals surface area contributed by atoms with E-state index in [-0.39, 0.29) is 4.90 Å². The van der Waals surface area contributed by atoms with Crippen LogP contribution in [0.5, 0.6) is 0 Å². The molecule has 110 valence electrons. The van der Waals surface area contributed by atoms with Gasteiger partial charge in [0.1, 0.15) is 5.52 Å². The zero-order chi connectivity index (χ0) is 14.8. The second-order valence-corrected chi connectivity index (χ2v) is 7.69. The predicted octanol–water partition coefficient (Wildman–Crippen LogP) is 2.17. The van der Waals surface area contributed by atoms with Crippen LogP contribution in [0, 0.1) is 0 Å². The second kappa shape index (κ2) is 6.05. The number of unbranched alkanes of at least 4 members (excludes halogenated alkanes) is 1. The quantitative estimate of drug-likeness (QED) is 0.827. The molecule has 0 aliphatic carbocycles. The molecule has 0 unspecified atom stereocenters. The number of thioether (sulfide) groups is 1. The Kier molecular flexibility index (Phi) is 4.59. The Labute approximate surface area is 123 Å². The van der Waals surface area contributed by atoms with Gasteiger partial charge >= 0.3 is 0 Å². The number of nitrogens with zero attached hydrogens (tertiary/aromatic N) is 2. The summed E-state index contributed by atoms with van der Waals surface area (Å²) in [6.45, 7) is 0.760. The molecule has 1 aromatic carbocycles. The summed E-state index contributed by atoms with van der Waals surface area (Å²) >= 11 is 1.82. The molecule has 0 amide bonds. The number of aromatic nitrogens is 2. The molecule has 0 aliphatic heterocycles. The summed E-state index contributed by atoms with van der Waals surface area (Å²) in [4.78, 5) is 4.48. The first kappa shape index (κ1) is 15.2. The molecular formula is C13H19N3O2S2. The molecule has 0 fully saturated rings. The molecule has 0 aliphatic rings. The van der Waals surface area contributed by atoms with E-state index in [1.54, 1.807) is 12.1 Å². The Bertz CT molecular complexity index is 708. The second-order valence-electron chi connectivity index (χ2n) is 4.72. The van der Waals surface area contributed by atoms with Gasteiger partial charge in [0.2, 0.25) is 5.95 Å². The van der Waals surface area contributed by atoms with Gasteiger partial charge in [-0.05, 0) is 37.0 Å². The molecule has 2 N–H and O–H groups in total. The third-order valence-corrected chi connectivity index (χ3v) is 4.98. The number of hydrogen-bond donors (Lipinski definition) is 1. The van der Waals surface area contributed by atoms with Crippen molar-refractivity contribution in [2.45, 2.75) is 24.3 Å². The smallest absolute Gasteiger partial charge is 0.201 e. The van der Waals surface area contributed by atoms with E-state index in [1.807, 2.05) is 22.4 Å². The van der Waals surface area contributed by atoms with Crippen LogP contribution in [0.2, 0.25) is 0 Å². The van der Waals surface area contributed by atoms with E-state index < -0.39 is 9.84 Å². The Morgan fingerprint density at radius 1 is 1.35 bits per heavy atom. The summed E-state index contributed by atoms with van der Waals surface area (Å²) in [5.74, 6) is 1.49. The van der Waals surface area contributed by atoms with Gasteiger partial charge in [-0.2, -0.15) is 11.8 Å². The highest BCUT2D eigenvalue weighted by Crippen LogP contribution is 2.25. The highest BCUT2D eigenvalue weighted by atomic mass is 32.2. The summed E-state index contributed by atoms with van der Waals surface area (Å²) in [6.07, 6.45) is 5.38. The number of hydrogen-bond acceptors (Lipinski definition) is 5. The van der Waals surface area contributed by atoms with Crippen LogP contribution in [-0.2, 0) is 16.4 Å². The van der Waals surface area contributed by atoms with Crippen LogP contribution in [0.3, 0.4) is 0 Å². The van der Waals surface area contributed by atoms with Gasteiger partial charge < -0.3 is 10.3 Å². The lowest BCUT2D eigenvalue weighted by Crippen LogP contribution is -2.03. The van der Waals surface area contributed by atoms with Crippen molar-refractivity contribution in [3.63, 3.8) is 0 Å². The first-order valence-electron chi connectivity index (χ1n) is 6.39. The predicted molar refractivity (Wildman–Crippen MR) is 84.9 cm³/mol. The van der Waals surface area contributed by atoms with Crippen molar-refractivity contribution in [3.8, 4) is 0 Å². The van der Waals surface area contributed by atoms with E-state index in [2.05, 4.69) is 11.2 Å². The lowest BCUT2D eigenvalue weighted by molar-refractivity contribution is 0.602. The van der Waals surface area contributed by atoms with Crippen LogP contribution in [0.1, 0.15) is 12.8 Å². The molecule has 0 bridgehead atoms. The van der Waals surface area contributed by atoms with E-state index in [1.165, 1.54) is 6.26 Å². The van der Waals surface area contributed by atoms with Crippen LogP contribution in [0.4, 0.5) is 5.95 Å². The Morgan fingerprint density at radius 3 is 2.75 bits per heavy atom. The zero-order valence-electron chi connectivity index (χ0n) is 11.7. The van der Waals surface area contributed by atoms with E-state index in [4.69, 9.17) is 5.73 Å². The lowest BCUT2D eigenvalue weighted by atomic mass is 10.3. The molecule has 20 heavy (non-hydrogen) atoms. The number of para-hydroxylation sites is 1. The third kappa shape index (κ3) is 3.09. The summed E-state index contributed by atoms with van der Waals surface area (Å²) in [5, 5.41) is 0. The van der Waals surface area contributed by atoms with Crippen molar-refractivity contribution >= 4 is 38.6 Å². The Morgan fingerprint density at radius 2 is 2.10 bits per heavy atom. The summed E-state index contributed by atoms with van der Waals surface area (Å²) in [5.41, 5.74) is 7.19. The number of anilines is 1. The van der Waals surface area contributed by atoms with Gasteiger partial charge in [0.15, 0.2) is 9.84 Å². The standard InChI is InChI=1S/C13H19N3O2S2/c1-19-9-4-3-8-16-10-6-5-7-11(20(2,17)18)12(10)15-13(16)14/h5-7H,3-4,8-9H2,1-2H3,(H2,14,15). The van der Waals surface area contributed by atoms with Gasteiger partial charge in [-0.1, -0.05) is 6.07 Å². The average molecular weight is 313 g/mol. The number of nitrogens with two attached hydrogens (primary N) is 1. The van der Waals surface area contributed by atoms with Gasteiger partial charge in [-0.25, -0.2) is 13.4 Å². The molecule has 0 radical (unpaired) electrons. The van der Waals surface area contributed by atoms with Crippen molar-refractivity contribution in [2.24, 2.45) is 0 Å². The molecule has 0 saturated heterocycles. The fourth-order valence-electron chi connectivity index (χ4n) is 2.19. The maximum atomic E-state index is 11.8. The van der Waals surface area contributed by atoms with Crippen LogP contribution >= 0.6 is 11.8 Å². The van der Waals surface area contributed by atoms with Crippen LogP contribution in [-0.4, -0.2) is 36.2 Å². The first-order chi connectivity index (χ1) is 9.45. The normalized spacial score (nSPS) is 12.1. The number of rotatable bonds is 6. The van der Waals surface area contributed by atoms with Crippen molar-refractivity contribution in [1.29, 1.82) is 0 Å². The van der Waals surface area contributed by atoms with Gasteiger partial charge in [-0.15, -0.1) is 0 Å². The van der Waals surface area contributed by atoms with Crippen molar-refractivity contribution in [3.05, 3.63) is 18.2 Å². The SMILES string of the molecule is CSCCCCn1c(N)nc2c(S(C)(=O)=O)cccc21. The Balaban J connectivity index is 2.40. The number of fused-ring (bicyclic) bond motifs is 1. The molecule has 0 saturated carbocycles. The molecular weight excluding hydrogens is 294 g/mol. The summed E-state index contributed by atoms with van der Waals surface area (Å²) in [6, 6.07) is 5.17.